The lowest BCUT2D eigenvalue weighted by atomic mass is 9.74. The van der Waals surface area contributed by atoms with Gasteiger partial charge >= 0.3 is 0 Å². The second-order valence-electron chi connectivity index (χ2n) is 6.77. The Morgan fingerprint density at radius 2 is 2.35 bits per heavy atom. The van der Waals surface area contributed by atoms with Crippen molar-refractivity contribution < 1.29 is 13.7 Å². The fraction of sp³-hybridized carbons (Fsp3) is 0.625. The molecule has 1 unspecified atom stereocenters. The molecular formula is C16H20N4O3. The molecule has 0 radical (unpaired) electrons. The third kappa shape index (κ3) is 2.75. The Bertz CT molecular complexity index is 692. The van der Waals surface area contributed by atoms with Crippen LogP contribution in [0.5, 0.6) is 0 Å². The molecular weight excluding hydrogens is 296 g/mol. The standard InChI is InChI=1S/C16H20N4O3/c1-11-18-15(19-23-11)16(7-12-3-4-12)5-2-6-20(9-16)14(21)13-8-22-10-17-13/h8,10,12H,2-7,9H2,1H3. The largest absolute Gasteiger partial charge is 0.451 e. The number of carbonyl (C=O) groups excluding carboxylic acids is 1. The molecule has 1 saturated heterocycles. The molecule has 0 N–H and O–H groups in total. The fourth-order valence-electron chi connectivity index (χ4n) is 3.61. The SMILES string of the molecule is Cc1nc(C2(CC3CC3)CCCN(C(=O)c3cocn3)C2)no1. The van der Waals surface area contributed by atoms with Crippen molar-refractivity contribution in [1.29, 1.82) is 0 Å². The van der Waals surface area contributed by atoms with E-state index in [1.807, 2.05) is 11.8 Å². The Kier molecular flexibility index (Phi) is 3.43. The molecule has 122 valence electrons. The van der Waals surface area contributed by atoms with Crippen molar-refractivity contribution in [3.8, 4) is 0 Å². The van der Waals surface area contributed by atoms with E-state index < -0.39 is 0 Å². The van der Waals surface area contributed by atoms with Crippen molar-refractivity contribution in [2.24, 2.45) is 5.92 Å². The van der Waals surface area contributed by atoms with Gasteiger partial charge in [-0.2, -0.15) is 4.98 Å². The second kappa shape index (κ2) is 5.47. The van der Waals surface area contributed by atoms with Crippen LogP contribution < -0.4 is 0 Å². The molecule has 1 aliphatic carbocycles. The third-order valence-corrected chi connectivity index (χ3v) is 4.89. The summed E-state index contributed by atoms with van der Waals surface area (Å²) in [6.45, 7) is 3.16. The summed E-state index contributed by atoms with van der Waals surface area (Å²) in [6, 6.07) is 0. The first kappa shape index (κ1) is 14.4. The molecule has 2 fully saturated rings. The number of nitrogens with zero attached hydrogens (tertiary/aromatic N) is 4. The zero-order valence-electron chi connectivity index (χ0n) is 13.2. The van der Waals surface area contributed by atoms with Gasteiger partial charge in [0, 0.05) is 20.0 Å². The number of rotatable bonds is 4. The topological polar surface area (TPSA) is 85.3 Å². The van der Waals surface area contributed by atoms with Gasteiger partial charge in [-0.25, -0.2) is 4.98 Å². The van der Waals surface area contributed by atoms with Gasteiger partial charge in [0.25, 0.3) is 5.91 Å². The van der Waals surface area contributed by atoms with Crippen LogP contribution in [0.3, 0.4) is 0 Å². The van der Waals surface area contributed by atoms with Crippen molar-refractivity contribution in [1.82, 2.24) is 20.0 Å². The van der Waals surface area contributed by atoms with Crippen molar-refractivity contribution in [2.45, 2.75) is 44.4 Å². The smallest absolute Gasteiger partial charge is 0.275 e. The molecule has 4 rings (SSSR count). The van der Waals surface area contributed by atoms with Crippen molar-refractivity contribution >= 4 is 5.91 Å². The monoisotopic (exact) mass is 316 g/mol. The zero-order valence-corrected chi connectivity index (χ0v) is 13.2. The highest BCUT2D eigenvalue weighted by molar-refractivity contribution is 5.92. The number of aryl methyl sites for hydroxylation is 1. The van der Waals surface area contributed by atoms with Crippen LogP contribution in [0.25, 0.3) is 0 Å². The van der Waals surface area contributed by atoms with Gasteiger partial charge in [-0.05, 0) is 25.2 Å². The van der Waals surface area contributed by atoms with Crippen LogP contribution in [0.15, 0.2) is 21.6 Å². The quantitative estimate of drug-likeness (QED) is 0.860. The average Bonchev–Trinajstić information content (AvgIpc) is 3.04. The van der Waals surface area contributed by atoms with Crippen LogP contribution in [-0.4, -0.2) is 39.0 Å². The summed E-state index contributed by atoms with van der Waals surface area (Å²) in [6.07, 6.45) is 8.16. The Labute approximate surface area is 134 Å². The third-order valence-electron chi connectivity index (χ3n) is 4.89. The van der Waals surface area contributed by atoms with E-state index in [1.54, 1.807) is 0 Å². The number of carbonyl (C=O) groups is 1. The van der Waals surface area contributed by atoms with Crippen LogP contribution >= 0.6 is 0 Å². The van der Waals surface area contributed by atoms with E-state index >= 15 is 0 Å². The van der Waals surface area contributed by atoms with Gasteiger partial charge in [0.2, 0.25) is 5.89 Å². The predicted molar refractivity (Wildman–Crippen MR) is 79.7 cm³/mol. The Balaban J connectivity index is 1.61. The number of piperidine rings is 1. The van der Waals surface area contributed by atoms with Gasteiger partial charge < -0.3 is 13.8 Å². The number of aromatic nitrogens is 3. The van der Waals surface area contributed by atoms with E-state index in [-0.39, 0.29) is 11.3 Å². The summed E-state index contributed by atoms with van der Waals surface area (Å²) in [5, 5.41) is 4.19. The number of amides is 1. The number of hydrogen-bond acceptors (Lipinski definition) is 6. The molecule has 2 aliphatic rings. The highest BCUT2D eigenvalue weighted by Crippen LogP contribution is 2.45. The second-order valence-corrected chi connectivity index (χ2v) is 6.77. The molecule has 7 heteroatoms. The Hall–Kier alpha value is -2.18. The van der Waals surface area contributed by atoms with E-state index in [0.717, 1.165) is 37.5 Å². The van der Waals surface area contributed by atoms with E-state index in [0.29, 0.717) is 18.1 Å². The molecule has 23 heavy (non-hydrogen) atoms. The van der Waals surface area contributed by atoms with Gasteiger partial charge in [0.1, 0.15) is 6.26 Å². The molecule has 0 spiro atoms. The lowest BCUT2D eigenvalue weighted by Gasteiger charge is -2.40. The highest BCUT2D eigenvalue weighted by Gasteiger charge is 2.45. The van der Waals surface area contributed by atoms with Crippen molar-refractivity contribution in [2.75, 3.05) is 13.1 Å². The summed E-state index contributed by atoms with van der Waals surface area (Å²) in [5.41, 5.74) is 0.160. The molecule has 0 aromatic carbocycles. The fourth-order valence-corrected chi connectivity index (χ4v) is 3.61. The first-order valence-electron chi connectivity index (χ1n) is 8.14. The molecule has 7 nitrogen and oxygen atoms in total. The summed E-state index contributed by atoms with van der Waals surface area (Å²) in [5.74, 6) is 1.96. The van der Waals surface area contributed by atoms with Crippen LogP contribution in [0.1, 0.15) is 54.3 Å². The average molecular weight is 316 g/mol. The molecule has 3 heterocycles. The van der Waals surface area contributed by atoms with E-state index in [4.69, 9.17) is 8.94 Å². The van der Waals surface area contributed by atoms with Gasteiger partial charge in [-0.15, -0.1) is 0 Å². The number of oxazole rings is 1. The highest BCUT2D eigenvalue weighted by atomic mass is 16.5. The van der Waals surface area contributed by atoms with Crippen LogP contribution in [0, 0.1) is 12.8 Å². The van der Waals surface area contributed by atoms with E-state index in [2.05, 4.69) is 15.1 Å². The van der Waals surface area contributed by atoms with Crippen molar-refractivity contribution in [3.05, 3.63) is 30.1 Å². The molecule has 1 amide bonds. The van der Waals surface area contributed by atoms with Gasteiger partial charge in [0.15, 0.2) is 17.9 Å². The van der Waals surface area contributed by atoms with Crippen LogP contribution in [0.2, 0.25) is 0 Å². The molecule has 0 bridgehead atoms. The zero-order chi connectivity index (χ0) is 15.9. The van der Waals surface area contributed by atoms with E-state index in [1.165, 1.54) is 25.5 Å². The first-order chi connectivity index (χ1) is 11.2. The number of likely N-dealkylation sites (tertiary alicyclic amines) is 1. The van der Waals surface area contributed by atoms with Gasteiger partial charge in [-0.1, -0.05) is 18.0 Å². The summed E-state index contributed by atoms with van der Waals surface area (Å²) < 4.78 is 10.2. The van der Waals surface area contributed by atoms with Crippen LogP contribution in [0.4, 0.5) is 0 Å². The summed E-state index contributed by atoms with van der Waals surface area (Å²) in [7, 11) is 0. The van der Waals surface area contributed by atoms with Crippen molar-refractivity contribution in [3.63, 3.8) is 0 Å². The van der Waals surface area contributed by atoms with Crippen LogP contribution in [-0.2, 0) is 5.41 Å². The Morgan fingerprint density at radius 1 is 1.48 bits per heavy atom. The maximum absolute atomic E-state index is 12.6. The van der Waals surface area contributed by atoms with Gasteiger partial charge in [-0.3, -0.25) is 4.79 Å². The normalized spacial score (nSPS) is 24.8. The molecule has 1 saturated carbocycles. The van der Waals surface area contributed by atoms with Gasteiger partial charge in [0.05, 0.1) is 5.41 Å². The van der Waals surface area contributed by atoms with E-state index in [9.17, 15) is 4.79 Å². The summed E-state index contributed by atoms with van der Waals surface area (Å²) in [4.78, 5) is 23.0. The minimum absolute atomic E-state index is 0.0844. The summed E-state index contributed by atoms with van der Waals surface area (Å²) >= 11 is 0. The Morgan fingerprint density at radius 3 is 3.00 bits per heavy atom. The molecule has 1 aliphatic heterocycles. The molecule has 2 aromatic heterocycles. The molecule has 2 aromatic rings. The predicted octanol–water partition coefficient (Wildman–Crippen LogP) is 2.34. The molecule has 1 atom stereocenters. The maximum atomic E-state index is 12.6. The minimum atomic E-state index is -0.198. The lowest BCUT2D eigenvalue weighted by molar-refractivity contribution is 0.0601. The number of hydrogen-bond donors (Lipinski definition) is 0. The minimum Gasteiger partial charge on any atom is -0.451 e. The maximum Gasteiger partial charge on any atom is 0.275 e. The lowest BCUT2D eigenvalue weighted by Crippen LogP contribution is -2.49. The first-order valence-corrected chi connectivity index (χ1v) is 8.14.